The van der Waals surface area contributed by atoms with E-state index in [-0.39, 0.29) is 18.1 Å². The zero-order valence-corrected chi connectivity index (χ0v) is 26.3. The monoisotopic (exact) mass is 597 g/mol. The van der Waals surface area contributed by atoms with Gasteiger partial charge in [-0.05, 0) is 86.2 Å². The molecule has 3 aromatic carbocycles. The SMILES string of the molecule is C=CCc1cc(C=Nn2c(-c3cc(C(C)C)c(OC)cc3C)nc3ccccc3c2=O)cc(OC)c1O[C@H](C)C(=O)OCC. The highest BCUT2D eigenvalue weighted by molar-refractivity contribution is 5.84. The van der Waals surface area contributed by atoms with E-state index in [1.165, 1.54) is 11.8 Å². The van der Waals surface area contributed by atoms with Crippen LogP contribution >= 0.6 is 0 Å². The number of fused-ring (bicyclic) bond motifs is 1. The van der Waals surface area contributed by atoms with E-state index in [1.807, 2.05) is 37.3 Å². The van der Waals surface area contributed by atoms with Crippen LogP contribution in [0.3, 0.4) is 0 Å². The van der Waals surface area contributed by atoms with Crippen molar-refractivity contribution in [3.63, 3.8) is 0 Å². The third-order valence-electron chi connectivity index (χ3n) is 7.17. The second-order valence-electron chi connectivity index (χ2n) is 10.6. The minimum Gasteiger partial charge on any atom is -0.496 e. The van der Waals surface area contributed by atoms with Gasteiger partial charge in [0.05, 0.1) is 37.9 Å². The summed E-state index contributed by atoms with van der Waals surface area (Å²) < 4.78 is 23.7. The Morgan fingerprint density at radius 1 is 1.07 bits per heavy atom. The van der Waals surface area contributed by atoms with E-state index >= 15 is 0 Å². The second-order valence-corrected chi connectivity index (χ2v) is 10.6. The van der Waals surface area contributed by atoms with Crippen molar-refractivity contribution < 1.29 is 23.7 Å². The lowest BCUT2D eigenvalue weighted by atomic mass is 9.96. The van der Waals surface area contributed by atoms with Crippen LogP contribution in [-0.2, 0) is 16.0 Å². The van der Waals surface area contributed by atoms with Gasteiger partial charge in [0.25, 0.3) is 5.56 Å². The number of para-hydroxylation sites is 1. The molecule has 0 radical (unpaired) electrons. The second kappa shape index (κ2) is 14.0. The van der Waals surface area contributed by atoms with E-state index in [2.05, 4.69) is 25.5 Å². The van der Waals surface area contributed by atoms with Gasteiger partial charge in [0.15, 0.2) is 23.4 Å². The molecule has 0 saturated heterocycles. The molecule has 0 amide bonds. The van der Waals surface area contributed by atoms with Crippen molar-refractivity contribution in [1.29, 1.82) is 0 Å². The van der Waals surface area contributed by atoms with Gasteiger partial charge in [-0.2, -0.15) is 9.78 Å². The van der Waals surface area contributed by atoms with Crippen molar-refractivity contribution in [1.82, 2.24) is 9.66 Å². The van der Waals surface area contributed by atoms with Crippen LogP contribution in [0.2, 0.25) is 0 Å². The maximum absolute atomic E-state index is 13.9. The molecule has 4 aromatic rings. The Morgan fingerprint density at radius 2 is 1.80 bits per heavy atom. The number of aromatic nitrogens is 2. The van der Waals surface area contributed by atoms with E-state index in [4.69, 9.17) is 23.9 Å². The Bertz CT molecular complexity index is 1770. The van der Waals surface area contributed by atoms with Gasteiger partial charge in [-0.25, -0.2) is 9.78 Å². The Morgan fingerprint density at radius 3 is 2.45 bits per heavy atom. The third-order valence-corrected chi connectivity index (χ3v) is 7.17. The van der Waals surface area contributed by atoms with Crippen molar-refractivity contribution in [3.05, 3.63) is 93.8 Å². The molecular formula is C35H39N3O6. The number of allylic oxidation sites excluding steroid dienone is 1. The fourth-order valence-corrected chi connectivity index (χ4v) is 4.93. The number of hydrogen-bond acceptors (Lipinski definition) is 8. The van der Waals surface area contributed by atoms with Crippen molar-refractivity contribution in [2.45, 2.75) is 53.1 Å². The maximum Gasteiger partial charge on any atom is 0.347 e. The highest BCUT2D eigenvalue weighted by Gasteiger charge is 2.22. The first-order valence-electron chi connectivity index (χ1n) is 14.5. The number of methoxy groups -OCH3 is 2. The lowest BCUT2D eigenvalue weighted by Gasteiger charge is -2.19. The molecule has 1 heterocycles. The molecule has 0 aliphatic carbocycles. The van der Waals surface area contributed by atoms with Gasteiger partial charge < -0.3 is 18.9 Å². The van der Waals surface area contributed by atoms with Gasteiger partial charge in [0, 0.05) is 11.1 Å². The summed E-state index contributed by atoms with van der Waals surface area (Å²) in [4.78, 5) is 31.0. The van der Waals surface area contributed by atoms with Crippen LogP contribution in [0.25, 0.3) is 22.3 Å². The lowest BCUT2D eigenvalue weighted by molar-refractivity contribution is -0.150. The third kappa shape index (κ3) is 6.67. The van der Waals surface area contributed by atoms with Crippen LogP contribution in [-0.4, -0.2) is 48.8 Å². The fraction of sp³-hybridized carbons (Fsp3) is 0.314. The number of esters is 1. The summed E-state index contributed by atoms with van der Waals surface area (Å²) in [6.07, 6.45) is 2.90. The van der Waals surface area contributed by atoms with Crippen molar-refractivity contribution in [2.24, 2.45) is 5.10 Å². The highest BCUT2D eigenvalue weighted by Crippen LogP contribution is 2.35. The van der Waals surface area contributed by atoms with Gasteiger partial charge in [0.1, 0.15) is 5.75 Å². The first-order valence-corrected chi connectivity index (χ1v) is 14.5. The molecule has 230 valence electrons. The molecule has 0 fully saturated rings. The molecule has 0 bridgehead atoms. The van der Waals surface area contributed by atoms with Crippen LogP contribution < -0.4 is 19.8 Å². The minimum absolute atomic E-state index is 0.177. The van der Waals surface area contributed by atoms with Crippen molar-refractivity contribution in [3.8, 4) is 28.6 Å². The fourth-order valence-electron chi connectivity index (χ4n) is 4.93. The zero-order valence-electron chi connectivity index (χ0n) is 26.3. The number of carbonyl (C=O) groups is 1. The number of carbonyl (C=O) groups excluding carboxylic acids is 1. The predicted octanol–water partition coefficient (Wildman–Crippen LogP) is 6.45. The molecule has 0 saturated carbocycles. The smallest absolute Gasteiger partial charge is 0.347 e. The number of nitrogens with zero attached hydrogens (tertiary/aromatic N) is 3. The number of benzene rings is 3. The van der Waals surface area contributed by atoms with Crippen LogP contribution in [0, 0.1) is 6.92 Å². The molecular weight excluding hydrogens is 558 g/mol. The van der Waals surface area contributed by atoms with Gasteiger partial charge in [-0.1, -0.05) is 32.1 Å². The topological polar surface area (TPSA) is 101 Å². The summed E-state index contributed by atoms with van der Waals surface area (Å²) in [5, 5.41) is 5.12. The molecule has 0 aliphatic heterocycles. The zero-order chi connectivity index (χ0) is 32.0. The van der Waals surface area contributed by atoms with E-state index in [1.54, 1.807) is 51.4 Å². The van der Waals surface area contributed by atoms with E-state index in [9.17, 15) is 9.59 Å². The average Bonchev–Trinajstić information content (AvgIpc) is 3.01. The van der Waals surface area contributed by atoms with Crippen molar-refractivity contribution in [2.75, 3.05) is 20.8 Å². The molecule has 0 aliphatic rings. The Labute approximate surface area is 257 Å². The van der Waals surface area contributed by atoms with Crippen LogP contribution in [0.15, 0.2) is 71.1 Å². The summed E-state index contributed by atoms with van der Waals surface area (Å²) in [5.41, 5.74) is 4.32. The van der Waals surface area contributed by atoms with Gasteiger partial charge in [-0.15, -0.1) is 6.58 Å². The van der Waals surface area contributed by atoms with E-state index in [0.29, 0.717) is 40.2 Å². The number of ether oxygens (including phenoxy) is 4. The minimum atomic E-state index is -0.847. The summed E-state index contributed by atoms with van der Waals surface area (Å²) in [7, 11) is 3.17. The molecule has 44 heavy (non-hydrogen) atoms. The average molecular weight is 598 g/mol. The highest BCUT2D eigenvalue weighted by atomic mass is 16.6. The van der Waals surface area contributed by atoms with E-state index in [0.717, 1.165) is 28.0 Å². The molecule has 0 spiro atoms. The molecule has 1 atom stereocenters. The van der Waals surface area contributed by atoms with Crippen LogP contribution in [0.4, 0.5) is 0 Å². The van der Waals surface area contributed by atoms with Crippen molar-refractivity contribution >= 4 is 23.1 Å². The quantitative estimate of drug-likeness (QED) is 0.105. The lowest BCUT2D eigenvalue weighted by Crippen LogP contribution is -2.26. The molecule has 9 heteroatoms. The summed E-state index contributed by atoms with van der Waals surface area (Å²) >= 11 is 0. The number of rotatable bonds is 12. The normalized spacial score (nSPS) is 12.0. The largest absolute Gasteiger partial charge is 0.496 e. The predicted molar refractivity (Wildman–Crippen MR) is 173 cm³/mol. The molecule has 4 rings (SSSR count). The van der Waals surface area contributed by atoms with Gasteiger partial charge >= 0.3 is 5.97 Å². The van der Waals surface area contributed by atoms with Crippen LogP contribution in [0.5, 0.6) is 17.2 Å². The Hall–Kier alpha value is -4.92. The number of aryl methyl sites for hydroxylation is 1. The van der Waals surface area contributed by atoms with Gasteiger partial charge in [-0.3, -0.25) is 4.79 Å². The van der Waals surface area contributed by atoms with Crippen LogP contribution in [0.1, 0.15) is 55.9 Å². The Kier molecular flexibility index (Phi) is 10.2. The summed E-state index contributed by atoms with van der Waals surface area (Å²) in [5.74, 6) is 1.70. The van der Waals surface area contributed by atoms with E-state index < -0.39 is 12.1 Å². The van der Waals surface area contributed by atoms with Gasteiger partial charge in [0.2, 0.25) is 0 Å². The Balaban J connectivity index is 1.89. The first-order chi connectivity index (χ1) is 21.1. The standard InChI is InChI=1S/C35H39N3O6/c1-9-13-25-17-24(18-31(42-8)32(25)44-23(6)35(40)43-10-2)20-36-38-33(37-29-15-12-11-14-26(29)34(38)39)28-19-27(21(3)4)30(41-7)16-22(28)5/h9,11-12,14-21,23H,1,10,13H2,2-8H3/t23-/m1/s1. The number of hydrogen-bond donors (Lipinski definition) is 0. The summed E-state index contributed by atoms with van der Waals surface area (Å²) in [6, 6.07) is 14.8. The first kappa shape index (κ1) is 32.0. The maximum atomic E-state index is 13.9. The molecule has 1 aromatic heterocycles. The molecule has 0 unspecified atom stereocenters. The molecule has 9 nitrogen and oxygen atoms in total. The summed E-state index contributed by atoms with van der Waals surface area (Å²) in [6.45, 7) is 13.6. The molecule has 0 N–H and O–H groups in total.